The fourth-order valence-electron chi connectivity index (χ4n) is 9.21. The summed E-state index contributed by atoms with van der Waals surface area (Å²) in [5.74, 6) is 0.579. The Morgan fingerprint density at radius 2 is 1.72 bits per heavy atom. The Kier molecular flexibility index (Phi) is 8.30. The Morgan fingerprint density at radius 3 is 2.50 bits per heavy atom. The zero-order valence-electron chi connectivity index (χ0n) is 28.1. The molecule has 1 aliphatic heterocycles. The minimum atomic E-state index is -0.733. The van der Waals surface area contributed by atoms with Gasteiger partial charge in [-0.25, -0.2) is 0 Å². The average Bonchev–Trinajstić information content (AvgIpc) is 3.41. The largest absolute Gasteiger partial charge is 0.481 e. The molecule has 0 aromatic heterocycles. The fourth-order valence-corrected chi connectivity index (χ4v) is 9.21. The highest BCUT2D eigenvalue weighted by Crippen LogP contribution is 2.65. The molecular weight excluding hydrogens is 571 g/mol. The Balaban J connectivity index is 1.14. The van der Waals surface area contributed by atoms with E-state index in [1.54, 1.807) is 0 Å². The van der Waals surface area contributed by atoms with Gasteiger partial charge < -0.3 is 19.9 Å². The van der Waals surface area contributed by atoms with Crippen LogP contribution < -0.4 is 10.6 Å². The molecule has 1 saturated heterocycles. The van der Waals surface area contributed by atoms with Crippen molar-refractivity contribution < 1.29 is 18.9 Å². The molecule has 2 N–H and O–H groups in total. The number of fused-ring (bicyclic) bond motifs is 2. The quantitative estimate of drug-likeness (QED) is 0.259. The molecule has 6 nitrogen and oxygen atoms in total. The zero-order chi connectivity index (χ0) is 32.2. The van der Waals surface area contributed by atoms with Gasteiger partial charge in [-0.2, -0.15) is 0 Å². The van der Waals surface area contributed by atoms with E-state index in [9.17, 15) is 9.59 Å². The third kappa shape index (κ3) is 5.68. The second-order valence-electron chi connectivity index (χ2n) is 15.7. The van der Waals surface area contributed by atoms with E-state index in [1.165, 1.54) is 12.0 Å². The molecule has 3 unspecified atom stereocenters. The minimum absolute atomic E-state index is 0.0420. The Hall–Kier alpha value is -3.16. The molecule has 8 rings (SSSR count). The highest BCUT2D eigenvalue weighted by molar-refractivity contribution is 6.48. The summed E-state index contributed by atoms with van der Waals surface area (Å²) in [6.07, 6.45) is 6.08. The minimum Gasteiger partial charge on any atom is -0.404 e. The molecule has 1 heterocycles. The third-order valence-electron chi connectivity index (χ3n) is 11.9. The Bertz CT molecular complexity index is 1620. The van der Waals surface area contributed by atoms with E-state index in [4.69, 9.17) is 9.31 Å². The fraction of sp³-hybridized carbons (Fsp3) is 0.538. The van der Waals surface area contributed by atoms with Crippen molar-refractivity contribution in [1.29, 1.82) is 0 Å². The van der Waals surface area contributed by atoms with Crippen LogP contribution in [0.25, 0.3) is 10.8 Å². The van der Waals surface area contributed by atoms with E-state index in [-0.39, 0.29) is 40.8 Å². The van der Waals surface area contributed by atoms with E-state index in [0.29, 0.717) is 24.2 Å². The maximum Gasteiger partial charge on any atom is 0.481 e. The number of hydrogen-bond donors (Lipinski definition) is 2. The number of hydrogen-bond acceptors (Lipinski definition) is 4. The van der Waals surface area contributed by atoms with Crippen molar-refractivity contribution in [2.24, 2.45) is 23.2 Å². The van der Waals surface area contributed by atoms with E-state index < -0.39 is 13.2 Å². The SMILES string of the molecule is CC(C)C[C@H](NC(=O)[C@H](Cc1ccc2ccccc2c1)NC(=O)C1CCCc2ccccc21)B1O[C@@H]2CC3CC(C3(C)C)[C@@]2(C)O1. The lowest BCUT2D eigenvalue weighted by atomic mass is 9.43. The standard InChI is InChI=1S/C39H49BN2O4/c1-24(2)19-35(40-45-34-23-29-22-33(38(29,3)4)39(34,5)46-40)42-37(44)32(21-25-17-18-26-11-6-7-13-28(26)20-25)41-36(43)31-16-10-14-27-12-8-9-15-30(27)31/h6-9,11-13,15,17-18,20,24,29,31-35H,10,14,16,19,21-23H2,1-5H3,(H,41,43)(H,42,44)/t29?,31?,32-,33?,34+,35-,39+/m0/s1. The van der Waals surface area contributed by atoms with Crippen molar-refractivity contribution in [3.8, 4) is 0 Å². The summed E-state index contributed by atoms with van der Waals surface area (Å²) in [6, 6.07) is 22.0. The van der Waals surface area contributed by atoms with E-state index in [2.05, 4.69) is 87.7 Å². The van der Waals surface area contributed by atoms with Crippen molar-refractivity contribution in [2.45, 2.75) is 109 Å². The highest BCUT2D eigenvalue weighted by atomic mass is 16.7. The number of rotatable bonds is 9. The van der Waals surface area contributed by atoms with Crippen molar-refractivity contribution >= 4 is 29.7 Å². The summed E-state index contributed by atoms with van der Waals surface area (Å²) in [5, 5.41) is 8.84. The van der Waals surface area contributed by atoms with Gasteiger partial charge >= 0.3 is 7.12 Å². The summed E-state index contributed by atoms with van der Waals surface area (Å²) in [7, 11) is -0.515. The van der Waals surface area contributed by atoms with Crippen LogP contribution in [0.5, 0.6) is 0 Å². The molecule has 7 heteroatoms. The lowest BCUT2D eigenvalue weighted by Crippen LogP contribution is -2.65. The molecule has 0 radical (unpaired) electrons. The molecule has 4 fully saturated rings. The van der Waals surface area contributed by atoms with Crippen LogP contribution in [-0.4, -0.2) is 42.6 Å². The summed E-state index contributed by atoms with van der Waals surface area (Å²) in [6.45, 7) is 11.3. The molecule has 3 aromatic rings. The molecule has 2 amide bonds. The van der Waals surface area contributed by atoms with Crippen molar-refractivity contribution in [2.75, 3.05) is 0 Å². The summed E-state index contributed by atoms with van der Waals surface area (Å²) < 4.78 is 13.5. The van der Waals surface area contributed by atoms with Crippen LogP contribution in [0.2, 0.25) is 0 Å². The monoisotopic (exact) mass is 620 g/mol. The Labute approximate surface area is 274 Å². The van der Waals surface area contributed by atoms with E-state index in [1.807, 2.05) is 24.3 Å². The average molecular weight is 621 g/mol. The van der Waals surface area contributed by atoms with Gasteiger partial charge in [-0.15, -0.1) is 0 Å². The number of carbonyl (C=O) groups excluding carboxylic acids is 2. The number of nitrogens with one attached hydrogen (secondary N) is 2. The molecule has 4 aliphatic carbocycles. The van der Waals surface area contributed by atoms with E-state index >= 15 is 0 Å². The zero-order valence-corrected chi connectivity index (χ0v) is 28.1. The topological polar surface area (TPSA) is 76.7 Å². The predicted molar refractivity (Wildman–Crippen MR) is 183 cm³/mol. The number of amides is 2. The summed E-state index contributed by atoms with van der Waals surface area (Å²) in [5.41, 5.74) is 3.22. The predicted octanol–water partition coefficient (Wildman–Crippen LogP) is 6.79. The summed E-state index contributed by atoms with van der Waals surface area (Å²) in [4.78, 5) is 28.3. The van der Waals surface area contributed by atoms with Crippen molar-refractivity contribution in [1.82, 2.24) is 10.6 Å². The van der Waals surface area contributed by atoms with E-state index in [0.717, 1.165) is 54.0 Å². The third-order valence-corrected chi connectivity index (χ3v) is 11.9. The maximum absolute atomic E-state index is 14.4. The highest BCUT2D eigenvalue weighted by Gasteiger charge is 2.68. The van der Waals surface area contributed by atoms with Crippen LogP contribution in [0, 0.1) is 23.2 Å². The normalized spacial score (nSPS) is 29.0. The van der Waals surface area contributed by atoms with Gasteiger partial charge in [-0.1, -0.05) is 94.4 Å². The second-order valence-corrected chi connectivity index (χ2v) is 15.7. The molecule has 0 spiro atoms. The first-order valence-corrected chi connectivity index (χ1v) is 17.5. The van der Waals surface area contributed by atoms with Gasteiger partial charge in [0.2, 0.25) is 11.8 Å². The lowest BCUT2D eigenvalue weighted by Gasteiger charge is -2.64. The van der Waals surface area contributed by atoms with Crippen molar-refractivity contribution in [3.63, 3.8) is 0 Å². The van der Waals surface area contributed by atoms with Gasteiger partial charge in [0.05, 0.1) is 23.6 Å². The number of carbonyl (C=O) groups is 2. The molecule has 3 aromatic carbocycles. The smallest absolute Gasteiger partial charge is 0.404 e. The van der Waals surface area contributed by atoms with Crippen LogP contribution in [0.15, 0.2) is 66.7 Å². The van der Waals surface area contributed by atoms with Gasteiger partial charge in [-0.05, 0) is 96.1 Å². The molecule has 2 bridgehead atoms. The van der Waals surface area contributed by atoms with Crippen molar-refractivity contribution in [3.05, 3.63) is 83.4 Å². The van der Waals surface area contributed by atoms with Crippen LogP contribution >= 0.6 is 0 Å². The first kappa shape index (κ1) is 31.4. The van der Waals surface area contributed by atoms with Gasteiger partial charge in [0.15, 0.2) is 0 Å². The van der Waals surface area contributed by atoms with Crippen LogP contribution in [0.1, 0.15) is 89.3 Å². The molecule has 242 valence electrons. The van der Waals surface area contributed by atoms with Crippen LogP contribution in [0.4, 0.5) is 0 Å². The lowest BCUT2D eigenvalue weighted by molar-refractivity contribution is -0.199. The first-order valence-electron chi connectivity index (χ1n) is 17.5. The van der Waals surface area contributed by atoms with Gasteiger partial charge in [0, 0.05) is 6.42 Å². The molecule has 5 aliphatic rings. The van der Waals surface area contributed by atoms with Crippen LogP contribution in [-0.2, 0) is 31.7 Å². The molecular formula is C39H49BN2O4. The Morgan fingerprint density at radius 1 is 0.957 bits per heavy atom. The first-order chi connectivity index (χ1) is 22.0. The summed E-state index contributed by atoms with van der Waals surface area (Å²) >= 11 is 0. The number of aryl methyl sites for hydroxylation is 1. The number of benzene rings is 3. The van der Waals surface area contributed by atoms with Gasteiger partial charge in [-0.3, -0.25) is 9.59 Å². The molecule has 3 saturated carbocycles. The van der Waals surface area contributed by atoms with Crippen LogP contribution in [0.3, 0.4) is 0 Å². The molecule has 46 heavy (non-hydrogen) atoms. The van der Waals surface area contributed by atoms with Gasteiger partial charge in [0.25, 0.3) is 0 Å². The molecule has 7 atom stereocenters. The second kappa shape index (κ2) is 12.1. The maximum atomic E-state index is 14.4. The van der Waals surface area contributed by atoms with Gasteiger partial charge in [0.1, 0.15) is 6.04 Å².